The molecule has 3 aromatic carbocycles. The first-order chi connectivity index (χ1) is 17.5. The van der Waals surface area contributed by atoms with Gasteiger partial charge in [0.05, 0.1) is 12.1 Å². The molecule has 7 heteroatoms. The van der Waals surface area contributed by atoms with Crippen LogP contribution in [0.5, 0.6) is 0 Å². The van der Waals surface area contributed by atoms with E-state index in [1.807, 2.05) is 63.4 Å². The third-order valence-electron chi connectivity index (χ3n) is 6.29. The molecule has 0 unspecified atom stereocenters. The summed E-state index contributed by atoms with van der Waals surface area (Å²) in [4.78, 5) is 26.2. The first kappa shape index (κ1) is 25.3. The van der Waals surface area contributed by atoms with E-state index >= 15 is 0 Å². The number of benzene rings is 3. The number of aromatic nitrogens is 2. The smallest absolute Gasteiger partial charge is 0.273 e. The number of amides is 1. The summed E-state index contributed by atoms with van der Waals surface area (Å²) < 4.78 is 0. The molecule has 4 aromatic rings. The average molecular weight is 484 g/mol. The van der Waals surface area contributed by atoms with Crippen molar-refractivity contribution >= 4 is 22.8 Å². The molecule has 0 spiro atoms. The highest BCUT2D eigenvalue weighted by atomic mass is 16.3. The fraction of sp³-hybridized carbons (Fsp3) is 0.276. The largest absolute Gasteiger partial charge is 0.395 e. The number of hydrogen-bond acceptors (Lipinski definition) is 6. The zero-order chi connectivity index (χ0) is 25.7. The summed E-state index contributed by atoms with van der Waals surface area (Å²) in [5.41, 5.74) is 12.4. The first-order valence-electron chi connectivity index (χ1n) is 12.3. The van der Waals surface area contributed by atoms with Crippen LogP contribution >= 0.6 is 0 Å². The van der Waals surface area contributed by atoms with Crippen LogP contribution in [0.15, 0.2) is 66.7 Å². The lowest BCUT2D eigenvalue weighted by molar-refractivity contribution is 0.0747. The molecule has 7 nitrogen and oxygen atoms in total. The maximum Gasteiger partial charge on any atom is 0.273 e. The van der Waals surface area contributed by atoms with Crippen molar-refractivity contribution in [3.63, 3.8) is 0 Å². The lowest BCUT2D eigenvalue weighted by Gasteiger charge is -2.19. The lowest BCUT2D eigenvalue weighted by Crippen LogP contribution is -2.27. The maximum absolute atomic E-state index is 13.6. The predicted molar refractivity (Wildman–Crippen MR) is 144 cm³/mol. The second-order valence-electron chi connectivity index (χ2n) is 8.71. The third kappa shape index (κ3) is 5.22. The van der Waals surface area contributed by atoms with Gasteiger partial charge in [-0.3, -0.25) is 9.69 Å². The summed E-state index contributed by atoms with van der Waals surface area (Å²) in [6, 6.07) is 22.1. The zero-order valence-electron chi connectivity index (χ0n) is 21.1. The van der Waals surface area contributed by atoms with E-state index in [0.29, 0.717) is 42.8 Å². The number of aliphatic hydroxyl groups excluding tert-OH is 1. The van der Waals surface area contributed by atoms with Crippen LogP contribution in [-0.4, -0.2) is 51.0 Å². The van der Waals surface area contributed by atoms with Crippen molar-refractivity contribution in [2.45, 2.75) is 33.5 Å². The van der Waals surface area contributed by atoms with E-state index in [0.717, 1.165) is 27.8 Å². The summed E-state index contributed by atoms with van der Waals surface area (Å²) in [7, 11) is 1.98. The van der Waals surface area contributed by atoms with Crippen LogP contribution in [-0.2, 0) is 19.6 Å². The van der Waals surface area contributed by atoms with Crippen LogP contribution < -0.4 is 5.73 Å². The third-order valence-corrected chi connectivity index (χ3v) is 6.29. The van der Waals surface area contributed by atoms with Crippen molar-refractivity contribution in [2.24, 2.45) is 0 Å². The first-order valence-corrected chi connectivity index (χ1v) is 12.3. The topological polar surface area (TPSA) is 95.6 Å². The Morgan fingerprint density at radius 3 is 2.36 bits per heavy atom. The van der Waals surface area contributed by atoms with Crippen molar-refractivity contribution in [3.8, 4) is 11.1 Å². The molecule has 5 rings (SSSR count). The molecule has 3 N–H and O–H groups in total. The summed E-state index contributed by atoms with van der Waals surface area (Å²) in [6.07, 6.45) is 0. The summed E-state index contributed by atoms with van der Waals surface area (Å²) in [6.45, 7) is 6.51. The fourth-order valence-electron chi connectivity index (χ4n) is 4.58. The Kier molecular flexibility index (Phi) is 7.93. The van der Waals surface area contributed by atoms with Crippen LogP contribution in [0.1, 0.15) is 41.0 Å². The second-order valence-corrected chi connectivity index (χ2v) is 8.71. The molecule has 1 aliphatic heterocycles. The molecule has 0 bridgehead atoms. The number of carbonyl (C=O) groups excluding carboxylic acids is 1. The van der Waals surface area contributed by atoms with Gasteiger partial charge in [-0.25, -0.2) is 9.97 Å². The van der Waals surface area contributed by atoms with Gasteiger partial charge in [-0.05, 0) is 47.0 Å². The number of aliphatic hydroxyl groups is 1. The molecule has 186 valence electrons. The summed E-state index contributed by atoms with van der Waals surface area (Å²) in [5, 5.41) is 9.96. The molecule has 0 fully saturated rings. The Labute approximate surface area is 212 Å². The number of anilines is 1. The highest BCUT2D eigenvalue weighted by Crippen LogP contribution is 2.31. The van der Waals surface area contributed by atoms with Gasteiger partial charge < -0.3 is 15.7 Å². The number of likely N-dealkylation sites (N-methyl/N-ethyl adjacent to an activating group) is 1. The molecule has 1 aromatic heterocycles. The van der Waals surface area contributed by atoms with Crippen molar-refractivity contribution < 1.29 is 9.90 Å². The van der Waals surface area contributed by atoms with E-state index in [1.165, 1.54) is 0 Å². The van der Waals surface area contributed by atoms with Gasteiger partial charge in [0, 0.05) is 31.6 Å². The number of nitrogens with two attached hydrogens (primary N) is 1. The van der Waals surface area contributed by atoms with Crippen LogP contribution in [0.4, 0.5) is 5.95 Å². The van der Waals surface area contributed by atoms with Crippen molar-refractivity contribution in [3.05, 3.63) is 89.1 Å². The molecule has 1 amide bonds. The predicted octanol–water partition coefficient (Wildman–Crippen LogP) is 4.49. The molecule has 0 radical (unpaired) electrons. The van der Waals surface area contributed by atoms with Gasteiger partial charge in [0.25, 0.3) is 5.91 Å². The number of carbonyl (C=O) groups is 1. The Balaban J connectivity index is 0.00000148. The van der Waals surface area contributed by atoms with Gasteiger partial charge in [0.15, 0.2) is 0 Å². The van der Waals surface area contributed by atoms with Crippen molar-refractivity contribution in [1.82, 2.24) is 19.8 Å². The minimum Gasteiger partial charge on any atom is -0.395 e. The fourth-order valence-corrected chi connectivity index (χ4v) is 4.58. The van der Waals surface area contributed by atoms with Crippen LogP contribution in [0, 0.1) is 0 Å². The zero-order valence-corrected chi connectivity index (χ0v) is 21.1. The van der Waals surface area contributed by atoms with Gasteiger partial charge in [-0.15, -0.1) is 0 Å². The quantitative estimate of drug-likeness (QED) is 0.420. The lowest BCUT2D eigenvalue weighted by atomic mass is 9.97. The van der Waals surface area contributed by atoms with Gasteiger partial charge in [0.1, 0.15) is 5.69 Å². The Morgan fingerprint density at radius 2 is 1.67 bits per heavy atom. The van der Waals surface area contributed by atoms with E-state index in [9.17, 15) is 9.90 Å². The van der Waals surface area contributed by atoms with Crippen molar-refractivity contribution in [1.29, 1.82) is 0 Å². The molecule has 0 saturated heterocycles. The van der Waals surface area contributed by atoms with Gasteiger partial charge in [0.2, 0.25) is 5.95 Å². The van der Waals surface area contributed by atoms with E-state index in [1.54, 1.807) is 4.90 Å². The monoisotopic (exact) mass is 483 g/mol. The minimum absolute atomic E-state index is 0.0892. The Morgan fingerprint density at radius 1 is 1.00 bits per heavy atom. The molecule has 1 aliphatic rings. The van der Waals surface area contributed by atoms with E-state index < -0.39 is 0 Å². The number of rotatable bonds is 6. The Bertz CT molecular complexity index is 1350. The highest BCUT2D eigenvalue weighted by Gasteiger charge is 2.27. The molecule has 2 heterocycles. The summed E-state index contributed by atoms with van der Waals surface area (Å²) >= 11 is 0. The molecular weight excluding hydrogens is 450 g/mol. The van der Waals surface area contributed by atoms with Gasteiger partial charge >= 0.3 is 0 Å². The van der Waals surface area contributed by atoms with Gasteiger partial charge in [-0.1, -0.05) is 68.4 Å². The molecule has 0 atom stereocenters. The standard InChI is InChI=1S/C27H27N5O2.C2H6/c1-31(12-13-33)15-21-8-4-5-9-22(21)18-10-11-24-23(14-18)25(30-27(28)29-24)26(34)32-16-19-6-2-3-7-20(19)17-32;1-2/h2-11,14,33H,12-13,15-17H2,1H3,(H2,28,29,30);1-2H3. The molecular formula is C29H33N5O2. The minimum atomic E-state index is -0.150. The van der Waals surface area contributed by atoms with Crippen LogP contribution in [0.2, 0.25) is 0 Å². The normalized spacial score (nSPS) is 12.4. The number of nitrogens with zero attached hydrogens (tertiary/aromatic N) is 4. The molecule has 0 aliphatic carbocycles. The average Bonchev–Trinajstić information content (AvgIpc) is 3.34. The van der Waals surface area contributed by atoms with Crippen LogP contribution in [0.25, 0.3) is 22.0 Å². The number of fused-ring (bicyclic) bond motifs is 2. The van der Waals surface area contributed by atoms with Gasteiger partial charge in [-0.2, -0.15) is 0 Å². The second kappa shape index (κ2) is 11.3. The molecule has 0 saturated carbocycles. The Hall–Kier alpha value is -3.81. The van der Waals surface area contributed by atoms with E-state index in [2.05, 4.69) is 39.1 Å². The maximum atomic E-state index is 13.6. The van der Waals surface area contributed by atoms with Crippen LogP contribution in [0.3, 0.4) is 0 Å². The highest BCUT2D eigenvalue weighted by molar-refractivity contribution is 6.05. The summed E-state index contributed by atoms with van der Waals surface area (Å²) in [5.74, 6) is -0.0604. The van der Waals surface area contributed by atoms with E-state index in [-0.39, 0.29) is 18.5 Å². The van der Waals surface area contributed by atoms with Crippen molar-refractivity contribution in [2.75, 3.05) is 25.9 Å². The van der Waals surface area contributed by atoms with E-state index in [4.69, 9.17) is 5.73 Å². The SMILES string of the molecule is CC.CN(CCO)Cc1ccccc1-c1ccc2nc(N)nc(C(=O)N3Cc4ccccc4C3)c2c1. The molecule has 36 heavy (non-hydrogen) atoms. The number of nitrogen functional groups attached to an aromatic ring is 1. The number of hydrogen-bond donors (Lipinski definition) is 2.